The van der Waals surface area contributed by atoms with Crippen molar-refractivity contribution in [2.24, 2.45) is 5.92 Å². The molecule has 0 amide bonds. The van der Waals surface area contributed by atoms with Crippen LogP contribution in [0.15, 0.2) is 0 Å². The van der Waals surface area contributed by atoms with Crippen LogP contribution in [0.25, 0.3) is 0 Å². The Morgan fingerprint density at radius 3 is 2.58 bits per heavy atom. The van der Waals surface area contributed by atoms with Crippen LogP contribution in [-0.4, -0.2) is 52.3 Å². The van der Waals surface area contributed by atoms with E-state index in [0.29, 0.717) is 23.3 Å². The van der Waals surface area contributed by atoms with E-state index in [-0.39, 0.29) is 0 Å². The SMILES string of the molecule is CCCC1CN(CCC(C)S(C)=O)C(C(C)C)CN1. The summed E-state index contributed by atoms with van der Waals surface area (Å²) in [7, 11) is -0.691. The number of hydrogen-bond acceptors (Lipinski definition) is 3. The molecule has 0 saturated carbocycles. The Morgan fingerprint density at radius 2 is 2.05 bits per heavy atom. The van der Waals surface area contributed by atoms with E-state index in [1.807, 2.05) is 6.26 Å². The quantitative estimate of drug-likeness (QED) is 0.780. The molecule has 0 aliphatic carbocycles. The van der Waals surface area contributed by atoms with E-state index in [1.165, 1.54) is 12.8 Å². The lowest BCUT2D eigenvalue weighted by Gasteiger charge is -2.42. The van der Waals surface area contributed by atoms with Crippen LogP contribution in [0.2, 0.25) is 0 Å². The van der Waals surface area contributed by atoms with Gasteiger partial charge < -0.3 is 5.32 Å². The number of nitrogens with zero attached hydrogens (tertiary/aromatic N) is 1. The van der Waals surface area contributed by atoms with Crippen LogP contribution in [0.5, 0.6) is 0 Å². The van der Waals surface area contributed by atoms with E-state index in [4.69, 9.17) is 0 Å². The van der Waals surface area contributed by atoms with Crippen molar-refractivity contribution in [3.8, 4) is 0 Å². The van der Waals surface area contributed by atoms with Crippen molar-refractivity contribution >= 4 is 10.8 Å². The summed E-state index contributed by atoms with van der Waals surface area (Å²) in [4.78, 5) is 2.63. The Hall–Kier alpha value is 0.0700. The molecule has 0 aromatic carbocycles. The number of rotatable bonds is 7. The van der Waals surface area contributed by atoms with Crippen molar-refractivity contribution in [1.82, 2.24) is 10.2 Å². The van der Waals surface area contributed by atoms with Gasteiger partial charge in [-0.3, -0.25) is 9.11 Å². The van der Waals surface area contributed by atoms with Gasteiger partial charge in [0.2, 0.25) is 0 Å². The molecule has 3 nitrogen and oxygen atoms in total. The van der Waals surface area contributed by atoms with Gasteiger partial charge in [0.15, 0.2) is 0 Å². The fourth-order valence-electron chi connectivity index (χ4n) is 2.87. The Morgan fingerprint density at radius 1 is 1.37 bits per heavy atom. The molecule has 1 aliphatic rings. The highest BCUT2D eigenvalue weighted by atomic mass is 32.2. The summed E-state index contributed by atoms with van der Waals surface area (Å²) in [5, 5.41) is 4.00. The van der Waals surface area contributed by atoms with Crippen LogP contribution in [0.3, 0.4) is 0 Å². The van der Waals surface area contributed by atoms with Gasteiger partial charge in [0.05, 0.1) is 0 Å². The molecule has 1 rings (SSSR count). The number of piperazine rings is 1. The Balaban J connectivity index is 2.53. The van der Waals surface area contributed by atoms with Gasteiger partial charge in [0, 0.05) is 47.5 Å². The normalized spacial score (nSPS) is 28.5. The first-order valence-corrected chi connectivity index (χ1v) is 9.37. The molecule has 0 spiro atoms. The molecule has 1 aliphatic heterocycles. The smallest absolute Gasteiger partial charge is 0.0329 e. The molecule has 1 fully saturated rings. The minimum atomic E-state index is -0.691. The molecule has 1 heterocycles. The Bertz CT molecular complexity index is 283. The molecule has 0 aromatic heterocycles. The summed E-state index contributed by atoms with van der Waals surface area (Å²) in [5.41, 5.74) is 0. The molecule has 4 unspecified atom stereocenters. The second-order valence-electron chi connectivity index (χ2n) is 6.30. The lowest BCUT2D eigenvalue weighted by atomic mass is 9.96. The summed E-state index contributed by atoms with van der Waals surface area (Å²) in [6.45, 7) is 12.3. The average molecular weight is 289 g/mol. The van der Waals surface area contributed by atoms with Crippen molar-refractivity contribution in [2.45, 2.75) is 64.3 Å². The van der Waals surface area contributed by atoms with Gasteiger partial charge in [-0.25, -0.2) is 0 Å². The predicted octanol–water partition coefficient (Wildman–Crippen LogP) is 2.24. The maximum Gasteiger partial charge on any atom is 0.0329 e. The van der Waals surface area contributed by atoms with Crippen LogP contribution in [0.1, 0.15) is 47.0 Å². The summed E-state index contributed by atoms with van der Waals surface area (Å²) < 4.78 is 11.5. The van der Waals surface area contributed by atoms with Crippen LogP contribution in [0, 0.1) is 5.92 Å². The Labute approximate surface area is 122 Å². The van der Waals surface area contributed by atoms with Crippen molar-refractivity contribution in [3.05, 3.63) is 0 Å². The fraction of sp³-hybridized carbons (Fsp3) is 1.00. The molecule has 4 atom stereocenters. The third kappa shape index (κ3) is 5.52. The van der Waals surface area contributed by atoms with Crippen LogP contribution in [-0.2, 0) is 10.8 Å². The lowest BCUT2D eigenvalue weighted by Crippen LogP contribution is -2.58. The fourth-order valence-corrected chi connectivity index (χ4v) is 3.31. The van der Waals surface area contributed by atoms with Gasteiger partial charge in [-0.2, -0.15) is 0 Å². The average Bonchev–Trinajstić information content (AvgIpc) is 2.36. The van der Waals surface area contributed by atoms with Crippen molar-refractivity contribution in [3.63, 3.8) is 0 Å². The van der Waals surface area contributed by atoms with Gasteiger partial charge in [-0.05, 0) is 25.3 Å². The summed E-state index contributed by atoms with van der Waals surface area (Å²) in [5.74, 6) is 0.678. The molecule has 19 heavy (non-hydrogen) atoms. The third-order valence-electron chi connectivity index (χ3n) is 4.34. The van der Waals surface area contributed by atoms with E-state index in [2.05, 4.69) is 37.9 Å². The summed E-state index contributed by atoms with van der Waals surface area (Å²) in [6.07, 6.45) is 5.37. The van der Waals surface area contributed by atoms with Gasteiger partial charge in [-0.15, -0.1) is 0 Å². The molecular weight excluding hydrogens is 256 g/mol. The standard InChI is InChI=1S/C15H32N2OS/c1-6-7-14-11-17(9-8-13(4)19(5)18)15(10-16-14)12(2)3/h12-16H,6-11H2,1-5H3. The number of hydrogen-bond donors (Lipinski definition) is 1. The molecule has 114 valence electrons. The van der Waals surface area contributed by atoms with Gasteiger partial charge in [0.1, 0.15) is 0 Å². The van der Waals surface area contributed by atoms with Crippen molar-refractivity contribution in [1.29, 1.82) is 0 Å². The number of nitrogens with one attached hydrogen (secondary N) is 1. The minimum Gasteiger partial charge on any atom is -0.311 e. The largest absolute Gasteiger partial charge is 0.311 e. The molecule has 1 N–H and O–H groups in total. The van der Waals surface area contributed by atoms with E-state index >= 15 is 0 Å². The molecule has 0 bridgehead atoms. The van der Waals surface area contributed by atoms with Crippen molar-refractivity contribution in [2.75, 3.05) is 25.9 Å². The Kier molecular flexibility index (Phi) is 7.55. The molecular formula is C15H32N2OS. The minimum absolute atomic E-state index is 0.312. The van der Waals surface area contributed by atoms with Gasteiger partial charge in [0.25, 0.3) is 0 Å². The highest BCUT2D eigenvalue weighted by Crippen LogP contribution is 2.18. The first-order valence-electron chi connectivity index (χ1n) is 7.75. The predicted molar refractivity (Wildman–Crippen MR) is 85.0 cm³/mol. The first-order chi connectivity index (χ1) is 8.95. The van der Waals surface area contributed by atoms with Crippen molar-refractivity contribution < 1.29 is 4.21 Å². The van der Waals surface area contributed by atoms with Crippen LogP contribution >= 0.6 is 0 Å². The topological polar surface area (TPSA) is 32.3 Å². The zero-order valence-electron chi connectivity index (χ0n) is 13.3. The molecule has 0 aromatic rings. The van der Waals surface area contributed by atoms with Gasteiger partial charge >= 0.3 is 0 Å². The summed E-state index contributed by atoms with van der Waals surface area (Å²) >= 11 is 0. The second-order valence-corrected chi connectivity index (χ2v) is 8.10. The monoisotopic (exact) mass is 288 g/mol. The maximum atomic E-state index is 11.5. The van der Waals surface area contributed by atoms with Crippen LogP contribution < -0.4 is 5.32 Å². The van der Waals surface area contributed by atoms with E-state index in [0.717, 1.165) is 26.1 Å². The molecule has 0 radical (unpaired) electrons. The highest BCUT2D eigenvalue weighted by Gasteiger charge is 2.29. The van der Waals surface area contributed by atoms with Gasteiger partial charge in [-0.1, -0.05) is 34.1 Å². The zero-order valence-corrected chi connectivity index (χ0v) is 14.1. The second kappa shape index (κ2) is 8.38. The first kappa shape index (κ1) is 17.1. The van der Waals surface area contributed by atoms with E-state index in [9.17, 15) is 4.21 Å². The highest BCUT2D eigenvalue weighted by molar-refractivity contribution is 7.84. The van der Waals surface area contributed by atoms with E-state index < -0.39 is 10.8 Å². The third-order valence-corrected chi connectivity index (χ3v) is 5.70. The lowest BCUT2D eigenvalue weighted by molar-refractivity contribution is 0.0945. The maximum absolute atomic E-state index is 11.5. The molecule has 1 saturated heterocycles. The zero-order chi connectivity index (χ0) is 14.4. The van der Waals surface area contributed by atoms with Crippen LogP contribution in [0.4, 0.5) is 0 Å². The molecule has 4 heteroatoms. The van der Waals surface area contributed by atoms with E-state index in [1.54, 1.807) is 0 Å². The summed E-state index contributed by atoms with van der Waals surface area (Å²) in [6, 6.07) is 1.27.